The van der Waals surface area contributed by atoms with E-state index >= 15 is 0 Å². The Labute approximate surface area is 267 Å². The van der Waals surface area contributed by atoms with E-state index in [2.05, 4.69) is 15.3 Å². The zero-order valence-electron chi connectivity index (χ0n) is 24.8. The number of carbonyl (C=O) groups excluding carboxylic acids is 3. The highest BCUT2D eigenvalue weighted by Gasteiger charge is 2.31. The van der Waals surface area contributed by atoms with Crippen LogP contribution in [0.1, 0.15) is 53.4 Å². The molecule has 2 heterocycles. The quantitative estimate of drug-likeness (QED) is 0.0710. The molecular formula is C26H42N6O6S4. The van der Waals surface area contributed by atoms with Crippen LogP contribution in [-0.2, 0) is 28.6 Å². The molecule has 236 valence electrons. The number of thiocarbonyl (C=S) groups is 2. The fraction of sp³-hybridized carbons (Fsp3) is 0.808. The summed E-state index contributed by atoms with van der Waals surface area (Å²) in [6.45, 7) is 10.0. The standard InChI is InChI=1S/C26H42N6O6S4/c1-25(2,8-14-38-26(3,4)7-9-28-30-27)22(35)29-19(17-36-12-5-20(33)31-10-15-41-23(31)39)18-37-13-6-21(34)32-11-16-42-24(32)40/h19H,5-18H2,1-4H3,(H,29,35). The van der Waals surface area contributed by atoms with Gasteiger partial charge in [0.25, 0.3) is 0 Å². The van der Waals surface area contributed by atoms with Crippen molar-refractivity contribution in [3.63, 3.8) is 0 Å². The number of nitrogens with zero attached hydrogens (tertiary/aromatic N) is 5. The van der Waals surface area contributed by atoms with Crippen molar-refractivity contribution in [3.8, 4) is 0 Å². The lowest BCUT2D eigenvalue weighted by atomic mass is 9.88. The summed E-state index contributed by atoms with van der Waals surface area (Å²) in [5.74, 6) is 1.25. The van der Waals surface area contributed by atoms with Crippen LogP contribution in [-0.4, -0.2) is 112 Å². The third kappa shape index (κ3) is 13.0. The average molecular weight is 663 g/mol. The van der Waals surface area contributed by atoms with Crippen molar-refractivity contribution in [2.45, 2.75) is 65.0 Å². The molecule has 2 aliphatic rings. The van der Waals surface area contributed by atoms with Crippen molar-refractivity contribution in [2.24, 2.45) is 10.5 Å². The summed E-state index contributed by atoms with van der Waals surface area (Å²) in [6.07, 6.45) is 1.39. The number of thioether (sulfide) groups is 2. The SMILES string of the molecule is CC(C)(CCN=[N+]=[N-])OCCC(C)(C)C(=O)NC(COCCC(=O)N1CCSC1=S)COCCC(=O)N1CCSC1=S. The molecule has 0 bridgehead atoms. The van der Waals surface area contributed by atoms with Crippen LogP contribution >= 0.6 is 48.0 Å². The van der Waals surface area contributed by atoms with Gasteiger partial charge in [-0.2, -0.15) is 0 Å². The molecule has 16 heteroatoms. The first-order valence-corrected chi connectivity index (χ1v) is 16.7. The fourth-order valence-corrected chi connectivity index (χ4v) is 6.41. The maximum atomic E-state index is 13.3. The van der Waals surface area contributed by atoms with Gasteiger partial charge in [0.05, 0.1) is 50.9 Å². The van der Waals surface area contributed by atoms with Crippen LogP contribution in [0.4, 0.5) is 0 Å². The van der Waals surface area contributed by atoms with Crippen molar-refractivity contribution in [3.05, 3.63) is 10.4 Å². The predicted molar refractivity (Wildman–Crippen MR) is 173 cm³/mol. The number of amides is 3. The Morgan fingerprint density at radius 2 is 1.48 bits per heavy atom. The number of azide groups is 1. The van der Waals surface area contributed by atoms with Gasteiger partial charge in [0.1, 0.15) is 8.64 Å². The van der Waals surface area contributed by atoms with Gasteiger partial charge in [-0.25, -0.2) is 0 Å². The summed E-state index contributed by atoms with van der Waals surface area (Å²) >= 11 is 13.4. The lowest BCUT2D eigenvalue weighted by Gasteiger charge is -2.30. The topological polar surface area (TPSA) is 146 Å². The van der Waals surface area contributed by atoms with Crippen molar-refractivity contribution in [1.82, 2.24) is 15.1 Å². The second-order valence-electron chi connectivity index (χ2n) is 11.1. The Bertz CT molecular complexity index is 977. The van der Waals surface area contributed by atoms with Crippen molar-refractivity contribution in [1.29, 1.82) is 0 Å². The second kappa shape index (κ2) is 18.3. The summed E-state index contributed by atoms with van der Waals surface area (Å²) in [5, 5.41) is 6.57. The van der Waals surface area contributed by atoms with Gasteiger partial charge in [0.15, 0.2) is 0 Å². The highest BCUT2D eigenvalue weighted by atomic mass is 32.2. The summed E-state index contributed by atoms with van der Waals surface area (Å²) in [4.78, 5) is 44.1. The molecule has 2 fully saturated rings. The molecule has 0 aromatic carbocycles. The molecule has 0 spiro atoms. The minimum absolute atomic E-state index is 0.0816. The highest BCUT2D eigenvalue weighted by molar-refractivity contribution is 8.23. The Balaban J connectivity index is 1.86. The first-order valence-electron chi connectivity index (χ1n) is 13.9. The van der Waals surface area contributed by atoms with Crippen molar-refractivity contribution >= 4 is 74.3 Å². The summed E-state index contributed by atoms with van der Waals surface area (Å²) in [7, 11) is 0. The molecule has 0 saturated carbocycles. The highest BCUT2D eigenvalue weighted by Crippen LogP contribution is 2.24. The van der Waals surface area contributed by atoms with Gasteiger partial charge in [-0.1, -0.05) is 66.9 Å². The Hall–Kier alpha value is -1.52. The third-order valence-corrected chi connectivity index (χ3v) is 9.59. The molecule has 0 aromatic rings. The molecule has 42 heavy (non-hydrogen) atoms. The smallest absolute Gasteiger partial charge is 0.230 e. The number of hydrogen-bond acceptors (Lipinski definition) is 11. The van der Waals surface area contributed by atoms with Crippen LogP contribution in [0.3, 0.4) is 0 Å². The lowest BCUT2D eigenvalue weighted by Crippen LogP contribution is -2.48. The van der Waals surface area contributed by atoms with E-state index in [0.29, 0.717) is 47.7 Å². The average Bonchev–Trinajstić information content (AvgIpc) is 3.56. The molecule has 3 amide bonds. The van der Waals surface area contributed by atoms with Crippen molar-refractivity contribution < 1.29 is 28.6 Å². The van der Waals surface area contributed by atoms with E-state index in [1.807, 2.05) is 27.7 Å². The van der Waals surface area contributed by atoms with E-state index in [1.165, 1.54) is 23.5 Å². The first-order chi connectivity index (χ1) is 19.9. The maximum absolute atomic E-state index is 13.3. The molecular weight excluding hydrogens is 621 g/mol. The molecule has 12 nitrogen and oxygen atoms in total. The molecule has 0 atom stereocenters. The van der Waals surface area contributed by atoms with Crippen LogP contribution in [0.15, 0.2) is 5.11 Å². The van der Waals surface area contributed by atoms with E-state index in [9.17, 15) is 14.4 Å². The van der Waals surface area contributed by atoms with Gasteiger partial charge in [-0.05, 0) is 32.2 Å². The Morgan fingerprint density at radius 1 is 0.952 bits per heavy atom. The number of ether oxygens (including phenoxy) is 3. The fourth-order valence-electron chi connectivity index (χ4n) is 3.92. The van der Waals surface area contributed by atoms with Gasteiger partial charge in [-0.3, -0.25) is 24.2 Å². The largest absolute Gasteiger partial charge is 0.379 e. The normalized spacial score (nSPS) is 15.8. The summed E-state index contributed by atoms with van der Waals surface area (Å²) < 4.78 is 18.7. The minimum Gasteiger partial charge on any atom is -0.379 e. The Kier molecular flexibility index (Phi) is 16.0. The summed E-state index contributed by atoms with van der Waals surface area (Å²) in [5.41, 5.74) is 7.24. The van der Waals surface area contributed by atoms with Gasteiger partial charge >= 0.3 is 0 Å². The molecule has 1 N–H and O–H groups in total. The second-order valence-corrected chi connectivity index (χ2v) is 14.5. The number of nitrogens with one attached hydrogen (secondary N) is 1. The number of hydrogen-bond donors (Lipinski definition) is 1. The van der Waals surface area contributed by atoms with E-state index < -0.39 is 17.1 Å². The van der Waals surface area contributed by atoms with E-state index in [0.717, 1.165) is 11.5 Å². The van der Waals surface area contributed by atoms with Crippen LogP contribution in [0.2, 0.25) is 0 Å². The third-order valence-electron chi connectivity index (χ3n) is 6.73. The molecule has 2 aliphatic heterocycles. The maximum Gasteiger partial charge on any atom is 0.230 e. The zero-order chi connectivity index (χ0) is 31.2. The molecule has 0 radical (unpaired) electrons. The molecule has 0 unspecified atom stereocenters. The molecule has 2 saturated heterocycles. The number of rotatable bonds is 19. The predicted octanol–water partition coefficient (Wildman–Crippen LogP) is 3.92. The van der Waals surface area contributed by atoms with Gasteiger partial charge in [-0.15, -0.1) is 0 Å². The summed E-state index contributed by atoms with van der Waals surface area (Å²) in [6, 6.07) is -0.491. The molecule has 0 aromatic heterocycles. The number of carbonyl (C=O) groups is 3. The zero-order valence-corrected chi connectivity index (χ0v) is 28.1. The van der Waals surface area contributed by atoms with Crippen LogP contribution in [0.25, 0.3) is 10.4 Å². The lowest BCUT2D eigenvalue weighted by molar-refractivity contribution is -0.134. The van der Waals surface area contributed by atoms with Crippen molar-refractivity contribution in [2.75, 3.05) is 64.2 Å². The molecule has 2 rings (SSSR count). The van der Waals surface area contributed by atoms with E-state index in [1.54, 1.807) is 9.80 Å². The van der Waals surface area contributed by atoms with Gasteiger partial charge in [0.2, 0.25) is 17.7 Å². The monoisotopic (exact) mass is 662 g/mol. The minimum atomic E-state index is -0.753. The van der Waals surface area contributed by atoms with E-state index in [-0.39, 0.29) is 57.0 Å². The van der Waals surface area contributed by atoms with Gasteiger partial charge in [0, 0.05) is 48.1 Å². The van der Waals surface area contributed by atoms with Gasteiger partial charge < -0.3 is 19.5 Å². The van der Waals surface area contributed by atoms with Crippen LogP contribution < -0.4 is 5.32 Å². The van der Waals surface area contributed by atoms with Crippen LogP contribution in [0.5, 0.6) is 0 Å². The molecule has 0 aliphatic carbocycles. The Morgan fingerprint density at radius 3 is 1.93 bits per heavy atom. The first kappa shape index (κ1) is 36.7. The van der Waals surface area contributed by atoms with E-state index in [4.69, 9.17) is 44.2 Å². The van der Waals surface area contributed by atoms with Crippen LogP contribution in [0, 0.1) is 5.41 Å².